The van der Waals surface area contributed by atoms with Crippen molar-refractivity contribution in [3.8, 4) is 0 Å². The van der Waals surface area contributed by atoms with Gasteiger partial charge in [0.15, 0.2) is 11.6 Å². The summed E-state index contributed by atoms with van der Waals surface area (Å²) in [4.78, 5) is 16.1. The summed E-state index contributed by atoms with van der Waals surface area (Å²) in [5.41, 5.74) is 0.0511. The highest BCUT2D eigenvalue weighted by Gasteiger charge is 2.26. The summed E-state index contributed by atoms with van der Waals surface area (Å²) in [5, 5.41) is 5.60. The molecule has 2 N–H and O–H groups in total. The van der Waals surface area contributed by atoms with E-state index in [0.29, 0.717) is 11.8 Å². The second-order valence-corrected chi connectivity index (χ2v) is 5.86. The molecule has 1 amide bonds. The van der Waals surface area contributed by atoms with Gasteiger partial charge in [0.25, 0.3) is 5.91 Å². The van der Waals surface area contributed by atoms with Crippen molar-refractivity contribution in [1.29, 1.82) is 0 Å². The van der Waals surface area contributed by atoms with Gasteiger partial charge in [-0.3, -0.25) is 4.79 Å². The van der Waals surface area contributed by atoms with Gasteiger partial charge in [0.05, 0.1) is 5.56 Å². The average Bonchev–Trinajstić information content (AvgIpc) is 2.37. The highest BCUT2D eigenvalue weighted by Crippen LogP contribution is 2.28. The average molecular weight is 279 g/mol. The van der Waals surface area contributed by atoms with Gasteiger partial charge in [0, 0.05) is 19.3 Å². The number of carbonyl (C=O) groups excluding carboxylic acids is 1. The van der Waals surface area contributed by atoms with Gasteiger partial charge in [-0.05, 0) is 37.2 Å². The monoisotopic (exact) mass is 279 g/mol. The van der Waals surface area contributed by atoms with Crippen LogP contribution in [0.4, 0.5) is 10.2 Å². The maximum Gasteiger partial charge on any atom is 0.254 e. The van der Waals surface area contributed by atoms with Gasteiger partial charge in [0.1, 0.15) is 0 Å². The van der Waals surface area contributed by atoms with Gasteiger partial charge in [0.2, 0.25) is 0 Å². The minimum absolute atomic E-state index is 0.0511. The Hall–Kier alpha value is -1.65. The molecular weight excluding hydrogens is 257 g/mol. The lowest BCUT2D eigenvalue weighted by molar-refractivity contribution is 0.0907. The summed E-state index contributed by atoms with van der Waals surface area (Å²) < 4.78 is 14.0. The van der Waals surface area contributed by atoms with Crippen LogP contribution in [0.2, 0.25) is 0 Å². The topological polar surface area (TPSA) is 54.0 Å². The molecule has 1 aliphatic carbocycles. The molecule has 20 heavy (non-hydrogen) atoms. The van der Waals surface area contributed by atoms with Gasteiger partial charge in [-0.1, -0.05) is 13.8 Å². The van der Waals surface area contributed by atoms with Gasteiger partial charge in [-0.15, -0.1) is 0 Å². The summed E-state index contributed by atoms with van der Waals surface area (Å²) in [7, 11) is 1.58. The third-order valence-corrected chi connectivity index (χ3v) is 3.88. The zero-order valence-electron chi connectivity index (χ0n) is 12.2. The Morgan fingerprint density at radius 1 is 1.30 bits per heavy atom. The molecule has 0 bridgehead atoms. The van der Waals surface area contributed by atoms with Crippen LogP contribution in [0, 0.1) is 17.7 Å². The molecule has 0 radical (unpaired) electrons. The van der Waals surface area contributed by atoms with Crippen molar-refractivity contribution < 1.29 is 9.18 Å². The van der Waals surface area contributed by atoms with Gasteiger partial charge in [-0.25, -0.2) is 9.37 Å². The Kier molecular flexibility index (Phi) is 4.57. The predicted octanol–water partition coefficient (Wildman–Crippen LogP) is 2.82. The van der Waals surface area contributed by atoms with Crippen molar-refractivity contribution >= 4 is 11.7 Å². The number of pyridine rings is 1. The molecule has 2 atom stereocenters. The fourth-order valence-corrected chi connectivity index (χ4v) is 3.12. The molecule has 5 heteroatoms. The van der Waals surface area contributed by atoms with Crippen LogP contribution in [0.15, 0.2) is 12.3 Å². The van der Waals surface area contributed by atoms with E-state index in [2.05, 4.69) is 29.5 Å². The summed E-state index contributed by atoms with van der Waals surface area (Å²) in [6.45, 7) is 4.39. The second kappa shape index (κ2) is 6.20. The van der Waals surface area contributed by atoms with Crippen LogP contribution in [0.3, 0.4) is 0 Å². The van der Waals surface area contributed by atoms with E-state index in [1.807, 2.05) is 0 Å². The third-order valence-electron chi connectivity index (χ3n) is 3.88. The maximum atomic E-state index is 14.0. The number of nitrogens with zero attached hydrogens (tertiary/aromatic N) is 1. The number of halogens is 1. The van der Waals surface area contributed by atoms with Crippen LogP contribution in [0.5, 0.6) is 0 Å². The summed E-state index contributed by atoms with van der Waals surface area (Å²) in [5.74, 6) is 0.346. The number of rotatable bonds is 3. The largest absolute Gasteiger partial charge is 0.371 e. The molecular formula is C15H22FN3O. The number of hydrogen-bond acceptors (Lipinski definition) is 3. The molecule has 1 aromatic rings. The minimum Gasteiger partial charge on any atom is -0.371 e. The molecule has 1 fully saturated rings. The molecule has 110 valence electrons. The first-order chi connectivity index (χ1) is 9.51. The molecule has 1 saturated carbocycles. The van der Waals surface area contributed by atoms with E-state index in [1.165, 1.54) is 18.7 Å². The highest BCUT2D eigenvalue weighted by atomic mass is 19.1. The Balaban J connectivity index is 2.08. The predicted molar refractivity (Wildman–Crippen MR) is 77.2 cm³/mol. The van der Waals surface area contributed by atoms with Crippen molar-refractivity contribution in [2.75, 3.05) is 12.4 Å². The van der Waals surface area contributed by atoms with E-state index in [-0.39, 0.29) is 23.3 Å². The van der Waals surface area contributed by atoms with Crippen molar-refractivity contribution in [1.82, 2.24) is 10.3 Å². The Labute approximate surface area is 119 Å². The van der Waals surface area contributed by atoms with E-state index in [4.69, 9.17) is 0 Å². The van der Waals surface area contributed by atoms with Gasteiger partial charge in [-0.2, -0.15) is 0 Å². The molecule has 1 aromatic heterocycles. The van der Waals surface area contributed by atoms with E-state index in [9.17, 15) is 9.18 Å². The lowest BCUT2D eigenvalue weighted by Gasteiger charge is -2.32. The van der Waals surface area contributed by atoms with E-state index >= 15 is 0 Å². The number of anilines is 1. The van der Waals surface area contributed by atoms with Gasteiger partial charge < -0.3 is 10.6 Å². The second-order valence-electron chi connectivity index (χ2n) is 5.86. The fraction of sp³-hybridized carbons (Fsp3) is 0.600. The van der Waals surface area contributed by atoms with E-state index in [0.717, 1.165) is 12.8 Å². The normalized spacial score (nSPS) is 26.1. The van der Waals surface area contributed by atoms with Crippen molar-refractivity contribution in [3.05, 3.63) is 23.6 Å². The zero-order chi connectivity index (χ0) is 14.7. The zero-order valence-corrected chi connectivity index (χ0v) is 12.2. The highest BCUT2D eigenvalue weighted by molar-refractivity contribution is 5.95. The molecule has 4 nitrogen and oxygen atoms in total. The molecule has 0 spiro atoms. The molecule has 0 saturated heterocycles. The van der Waals surface area contributed by atoms with E-state index in [1.54, 1.807) is 7.05 Å². The molecule has 2 rings (SSSR count). The molecule has 0 aromatic carbocycles. The first kappa shape index (κ1) is 14.8. The van der Waals surface area contributed by atoms with Crippen molar-refractivity contribution in [2.45, 2.75) is 39.2 Å². The Bertz CT molecular complexity index is 482. The standard InChI is InChI=1S/C15H22FN3O/c1-9-6-10(2)8-11(7-9)19-15(20)12-4-5-18-14(17-3)13(12)16/h4-5,9-11H,6-8H2,1-3H3,(H,17,18)(H,19,20). The first-order valence-corrected chi connectivity index (χ1v) is 7.14. The SMILES string of the molecule is CNc1nccc(C(=O)NC2CC(C)CC(C)C2)c1F. The first-order valence-electron chi connectivity index (χ1n) is 7.14. The quantitative estimate of drug-likeness (QED) is 0.894. The minimum atomic E-state index is -0.593. The number of amides is 1. The van der Waals surface area contributed by atoms with Crippen LogP contribution in [-0.2, 0) is 0 Å². The van der Waals surface area contributed by atoms with Crippen molar-refractivity contribution in [2.24, 2.45) is 11.8 Å². The van der Waals surface area contributed by atoms with Crippen LogP contribution >= 0.6 is 0 Å². The third kappa shape index (κ3) is 3.26. The summed E-state index contributed by atoms with van der Waals surface area (Å²) in [6, 6.07) is 1.55. The smallest absolute Gasteiger partial charge is 0.254 e. The maximum absolute atomic E-state index is 14.0. The number of aromatic nitrogens is 1. The summed E-state index contributed by atoms with van der Waals surface area (Å²) >= 11 is 0. The van der Waals surface area contributed by atoms with Crippen LogP contribution in [0.25, 0.3) is 0 Å². The Morgan fingerprint density at radius 3 is 2.55 bits per heavy atom. The van der Waals surface area contributed by atoms with Crippen LogP contribution in [-0.4, -0.2) is 24.0 Å². The molecule has 1 aliphatic rings. The lowest BCUT2D eigenvalue weighted by Crippen LogP contribution is -2.40. The van der Waals surface area contributed by atoms with Crippen LogP contribution < -0.4 is 10.6 Å². The lowest BCUT2D eigenvalue weighted by atomic mass is 9.80. The molecule has 1 heterocycles. The number of nitrogens with one attached hydrogen (secondary N) is 2. The van der Waals surface area contributed by atoms with Crippen molar-refractivity contribution in [3.63, 3.8) is 0 Å². The fourth-order valence-electron chi connectivity index (χ4n) is 3.12. The summed E-state index contributed by atoms with van der Waals surface area (Å²) in [6.07, 6.45) is 4.55. The molecule has 0 aliphatic heterocycles. The number of carbonyl (C=O) groups is 1. The Morgan fingerprint density at radius 2 is 1.95 bits per heavy atom. The number of hydrogen-bond donors (Lipinski definition) is 2. The molecule has 2 unspecified atom stereocenters. The van der Waals surface area contributed by atoms with E-state index < -0.39 is 5.82 Å². The van der Waals surface area contributed by atoms with Gasteiger partial charge >= 0.3 is 0 Å². The van der Waals surface area contributed by atoms with Crippen LogP contribution in [0.1, 0.15) is 43.5 Å².